The highest BCUT2D eigenvalue weighted by Crippen LogP contribution is 2.58. The largest absolute Gasteiger partial charge is 0.465 e. The zero-order valence-corrected chi connectivity index (χ0v) is 33.2. The fourth-order valence-electron chi connectivity index (χ4n) is 12.6. The van der Waals surface area contributed by atoms with Gasteiger partial charge in [-0.2, -0.15) is 0 Å². The highest BCUT2D eigenvalue weighted by molar-refractivity contribution is 6.01. The summed E-state index contributed by atoms with van der Waals surface area (Å²) < 4.78 is 0. The minimum absolute atomic E-state index is 0.200. The SMILES string of the molecule is CC1(CC(N)=O)c2ccc(cc2)[C@]1(C(=O)NC(=O)O)N1CCCC1[C@H]1CC[C@H](C2CCCN2[C@@]2(C(=O)NC(=O)O)c3ccc(cc3)C2(C)CC(N)=O)N1c1ccccc1. The molecule has 4 bridgehead atoms. The Bertz CT molecular complexity index is 2070. The molecule has 8 atom stereocenters. The molecule has 6 amide bonds. The van der Waals surface area contributed by atoms with Crippen molar-refractivity contribution >= 4 is 41.5 Å². The maximum atomic E-state index is 14.7. The summed E-state index contributed by atoms with van der Waals surface area (Å²) in [6.45, 7) is 4.54. The van der Waals surface area contributed by atoms with Gasteiger partial charge in [-0.15, -0.1) is 0 Å². The summed E-state index contributed by atoms with van der Waals surface area (Å²) in [6.07, 6.45) is 0.702. The minimum atomic E-state index is -1.59. The fraction of sp³-hybridized carbons (Fsp3) is 0.455. The second-order valence-electron chi connectivity index (χ2n) is 17.3. The first-order valence-corrected chi connectivity index (χ1v) is 20.4. The molecule has 0 saturated carbocycles. The van der Waals surface area contributed by atoms with Gasteiger partial charge in [0.2, 0.25) is 11.8 Å². The van der Waals surface area contributed by atoms with E-state index in [1.54, 1.807) is 0 Å². The molecular formula is C44H51N7O8. The van der Waals surface area contributed by atoms with E-state index >= 15 is 0 Å². The van der Waals surface area contributed by atoms with Crippen molar-refractivity contribution in [1.29, 1.82) is 0 Å². The van der Waals surface area contributed by atoms with Gasteiger partial charge >= 0.3 is 12.2 Å². The first kappa shape index (κ1) is 40.0. The van der Waals surface area contributed by atoms with Gasteiger partial charge in [0.05, 0.1) is 0 Å². The summed E-state index contributed by atoms with van der Waals surface area (Å²) in [6, 6.07) is 23.7. The molecule has 3 heterocycles. The molecule has 3 fully saturated rings. The molecule has 0 spiro atoms. The van der Waals surface area contributed by atoms with E-state index in [1.807, 2.05) is 92.7 Å². The Balaban J connectivity index is 1.26. The Labute approximate surface area is 342 Å². The number of para-hydroxylation sites is 1. The summed E-state index contributed by atoms with van der Waals surface area (Å²) in [4.78, 5) is 86.4. The molecule has 310 valence electrons. The Morgan fingerprint density at radius 2 is 0.949 bits per heavy atom. The van der Waals surface area contributed by atoms with Crippen LogP contribution in [-0.2, 0) is 41.1 Å². The van der Waals surface area contributed by atoms with Crippen LogP contribution in [0.4, 0.5) is 15.3 Å². The second kappa shape index (κ2) is 14.5. The molecule has 7 aliphatic rings. The van der Waals surface area contributed by atoms with Crippen LogP contribution in [0.25, 0.3) is 0 Å². The van der Waals surface area contributed by atoms with Crippen LogP contribution >= 0.6 is 0 Å². The maximum absolute atomic E-state index is 14.7. The van der Waals surface area contributed by atoms with E-state index in [0.29, 0.717) is 73.9 Å². The van der Waals surface area contributed by atoms with E-state index in [0.717, 1.165) is 5.69 Å². The smallest absolute Gasteiger partial charge is 0.411 e. The van der Waals surface area contributed by atoms with E-state index in [4.69, 9.17) is 11.5 Å². The van der Waals surface area contributed by atoms with Gasteiger partial charge < -0.3 is 26.6 Å². The summed E-state index contributed by atoms with van der Waals surface area (Å²) in [5.74, 6) is -2.72. The van der Waals surface area contributed by atoms with Gasteiger partial charge in [-0.25, -0.2) is 9.59 Å². The molecule has 3 aromatic rings. The van der Waals surface area contributed by atoms with Gasteiger partial charge in [0.15, 0.2) is 0 Å². The number of benzene rings is 3. The summed E-state index contributed by atoms with van der Waals surface area (Å²) in [7, 11) is 0. The molecule has 3 aromatic carbocycles. The minimum Gasteiger partial charge on any atom is -0.465 e. The number of carboxylic acid groups (broad SMARTS) is 2. The lowest BCUT2D eigenvalue weighted by molar-refractivity contribution is -0.144. The third-order valence-electron chi connectivity index (χ3n) is 14.5. The number of likely N-dealkylation sites (tertiary alicyclic amines) is 2. The number of imide groups is 2. The predicted molar refractivity (Wildman–Crippen MR) is 216 cm³/mol. The average molecular weight is 806 g/mol. The molecule has 3 aliphatic heterocycles. The fourth-order valence-corrected chi connectivity index (χ4v) is 12.6. The van der Waals surface area contributed by atoms with Crippen LogP contribution in [0.5, 0.6) is 0 Å². The number of nitrogens with two attached hydrogens (primary N) is 2. The molecule has 15 nitrogen and oxygen atoms in total. The summed E-state index contributed by atoms with van der Waals surface area (Å²) in [5.41, 5.74) is 9.72. The van der Waals surface area contributed by atoms with Gasteiger partial charge in [0, 0.05) is 53.5 Å². The summed E-state index contributed by atoms with van der Waals surface area (Å²) >= 11 is 0. The number of rotatable bonds is 11. The number of fused-ring (bicyclic) bond motifs is 6. The van der Waals surface area contributed by atoms with Crippen LogP contribution in [0.1, 0.15) is 87.5 Å². The Morgan fingerprint density at radius 1 is 0.576 bits per heavy atom. The molecule has 4 aliphatic carbocycles. The van der Waals surface area contributed by atoms with Gasteiger partial charge in [-0.1, -0.05) is 80.6 Å². The quantitative estimate of drug-likeness (QED) is 0.164. The Kier molecular flexibility index (Phi) is 9.82. The van der Waals surface area contributed by atoms with Crippen molar-refractivity contribution in [1.82, 2.24) is 20.4 Å². The lowest BCUT2D eigenvalue weighted by Crippen LogP contribution is -2.72. The third kappa shape index (κ3) is 5.75. The molecule has 0 aromatic heterocycles. The van der Waals surface area contributed by atoms with Crippen LogP contribution in [0.3, 0.4) is 0 Å². The number of amides is 6. The maximum Gasteiger partial charge on any atom is 0.411 e. The lowest BCUT2D eigenvalue weighted by Gasteiger charge is -2.58. The molecule has 15 heteroatoms. The molecule has 8 N–H and O–H groups in total. The van der Waals surface area contributed by atoms with E-state index in [-0.39, 0.29) is 37.0 Å². The van der Waals surface area contributed by atoms with Crippen molar-refractivity contribution in [3.8, 4) is 0 Å². The topological polar surface area (TPSA) is 229 Å². The second-order valence-corrected chi connectivity index (χ2v) is 17.3. The zero-order chi connectivity index (χ0) is 42.1. The molecule has 59 heavy (non-hydrogen) atoms. The van der Waals surface area contributed by atoms with Crippen molar-refractivity contribution in [2.24, 2.45) is 11.5 Å². The van der Waals surface area contributed by atoms with Crippen LogP contribution in [0.2, 0.25) is 0 Å². The monoisotopic (exact) mass is 805 g/mol. The van der Waals surface area contributed by atoms with E-state index in [9.17, 15) is 39.0 Å². The Hall–Kier alpha value is -5.80. The van der Waals surface area contributed by atoms with Crippen LogP contribution in [-0.4, -0.2) is 93.1 Å². The zero-order valence-electron chi connectivity index (χ0n) is 33.2. The first-order valence-electron chi connectivity index (χ1n) is 20.4. The highest BCUT2D eigenvalue weighted by atomic mass is 16.4. The third-order valence-corrected chi connectivity index (χ3v) is 14.5. The standard InChI is InChI=1S/C44H51N7O8/c1-41(24-35(45)52)26-12-16-28(17-13-26)43(41,37(54)47-39(56)57)49-22-6-10-31(49)33-20-21-34(51(33)30-8-4-3-5-9-30)32-11-7-23-50(32)44(38(55)48-40(58)59)29-18-14-27(15-19-29)42(44,2)25-36(46)53/h3-5,8-9,12-19,31-34H,6-7,10-11,20-25H2,1-2H3,(H2,45,52)(H2,46,53)(H,47,54)(H,48,55)(H,56,57)(H,58,59)/t31?,32?,33-,34-,41?,42?,43-,44-/m1/s1. The van der Waals surface area contributed by atoms with Gasteiger partial charge in [0.25, 0.3) is 11.8 Å². The van der Waals surface area contributed by atoms with Crippen molar-refractivity contribution in [2.75, 3.05) is 18.0 Å². The normalized spacial score (nSPS) is 32.3. The van der Waals surface area contributed by atoms with Crippen molar-refractivity contribution in [3.05, 3.63) is 101 Å². The van der Waals surface area contributed by atoms with Crippen LogP contribution < -0.4 is 27.0 Å². The van der Waals surface area contributed by atoms with E-state index in [1.165, 1.54) is 0 Å². The number of nitrogens with zero attached hydrogens (tertiary/aromatic N) is 3. The molecule has 10 rings (SSSR count). The van der Waals surface area contributed by atoms with E-state index < -0.39 is 57.7 Å². The van der Waals surface area contributed by atoms with Crippen LogP contribution in [0.15, 0.2) is 78.9 Å². The number of primary amides is 2. The van der Waals surface area contributed by atoms with Crippen LogP contribution in [0, 0.1) is 0 Å². The molecular weight excluding hydrogens is 755 g/mol. The van der Waals surface area contributed by atoms with Gasteiger partial charge in [-0.3, -0.25) is 39.6 Å². The van der Waals surface area contributed by atoms with Gasteiger partial charge in [-0.05, 0) is 86.0 Å². The molecule has 3 saturated heterocycles. The first-order chi connectivity index (χ1) is 28.1. The molecule has 0 radical (unpaired) electrons. The number of hydrogen-bond donors (Lipinski definition) is 6. The lowest BCUT2D eigenvalue weighted by atomic mass is 9.56. The van der Waals surface area contributed by atoms with Gasteiger partial charge in [0.1, 0.15) is 11.1 Å². The number of hydrogen-bond acceptors (Lipinski definition) is 9. The number of nitrogens with one attached hydrogen (secondary N) is 2. The van der Waals surface area contributed by atoms with Crippen molar-refractivity contribution in [3.63, 3.8) is 0 Å². The van der Waals surface area contributed by atoms with Crippen molar-refractivity contribution < 1.29 is 39.0 Å². The molecule has 4 unspecified atom stereocenters. The number of carbonyl (C=O) groups excluding carboxylic acids is 4. The number of anilines is 1. The highest BCUT2D eigenvalue weighted by Gasteiger charge is 2.67. The Morgan fingerprint density at radius 3 is 1.31 bits per heavy atom. The van der Waals surface area contributed by atoms with E-state index in [2.05, 4.69) is 25.3 Å². The number of carbonyl (C=O) groups is 6. The summed E-state index contributed by atoms with van der Waals surface area (Å²) in [5, 5.41) is 24.3. The average Bonchev–Trinajstić information content (AvgIpc) is 3.95. The van der Waals surface area contributed by atoms with Crippen molar-refractivity contribution in [2.45, 2.75) is 111 Å². The predicted octanol–water partition coefficient (Wildman–Crippen LogP) is 3.63.